The molecule has 9 heteroatoms. The van der Waals surface area contributed by atoms with Crippen molar-refractivity contribution in [3.05, 3.63) is 29.8 Å². The molecule has 36 heavy (non-hydrogen) atoms. The van der Waals surface area contributed by atoms with Gasteiger partial charge in [0, 0.05) is 13.1 Å². The summed E-state index contributed by atoms with van der Waals surface area (Å²) in [6, 6.07) is 3.91. The topological polar surface area (TPSA) is 128 Å². The van der Waals surface area contributed by atoms with Gasteiger partial charge in [0.15, 0.2) is 0 Å². The Morgan fingerprint density at radius 1 is 1.03 bits per heavy atom. The predicted molar refractivity (Wildman–Crippen MR) is 139 cm³/mol. The first-order valence-electron chi connectivity index (χ1n) is 13.0. The van der Waals surface area contributed by atoms with E-state index in [1.54, 1.807) is 32.9 Å². The first-order valence-corrected chi connectivity index (χ1v) is 13.0. The van der Waals surface area contributed by atoms with Gasteiger partial charge in [-0.25, -0.2) is 4.79 Å². The average molecular weight is 508 g/mol. The lowest BCUT2D eigenvalue weighted by molar-refractivity contribution is -0.143. The molecule has 1 aromatic carbocycles. The molecule has 2 unspecified atom stereocenters. The summed E-state index contributed by atoms with van der Waals surface area (Å²) in [5.41, 5.74) is -0.338. The summed E-state index contributed by atoms with van der Waals surface area (Å²) < 4.78 is 5.25. The number of nitrogens with zero attached hydrogens (tertiary/aromatic N) is 1. The second kappa shape index (κ2) is 16.0. The lowest BCUT2D eigenvalue weighted by atomic mass is 10.0. The monoisotopic (exact) mass is 507 g/mol. The summed E-state index contributed by atoms with van der Waals surface area (Å²) in [4.78, 5) is 40.8. The minimum absolute atomic E-state index is 0.0280. The third-order valence-electron chi connectivity index (χ3n) is 5.53. The maximum atomic E-state index is 13.7. The Bertz CT molecular complexity index is 824. The Kier molecular flexibility index (Phi) is 13.9. The van der Waals surface area contributed by atoms with Crippen molar-refractivity contribution in [3.63, 3.8) is 0 Å². The molecule has 1 rings (SSSR count). The molecule has 0 spiro atoms. The summed E-state index contributed by atoms with van der Waals surface area (Å²) in [5, 5.41) is 25.4. The average Bonchev–Trinajstić information content (AvgIpc) is 2.80. The van der Waals surface area contributed by atoms with Crippen molar-refractivity contribution in [2.75, 3.05) is 19.7 Å². The van der Waals surface area contributed by atoms with Crippen molar-refractivity contribution in [1.82, 2.24) is 15.5 Å². The second-order valence-electron chi connectivity index (χ2n) is 9.97. The summed E-state index contributed by atoms with van der Waals surface area (Å²) in [7, 11) is 0. The van der Waals surface area contributed by atoms with Crippen molar-refractivity contribution in [1.29, 1.82) is 0 Å². The predicted octanol–water partition coefficient (Wildman–Crippen LogP) is 4.03. The Balaban J connectivity index is 3.31. The maximum Gasteiger partial charge on any atom is 0.408 e. The van der Waals surface area contributed by atoms with E-state index >= 15 is 0 Å². The fourth-order valence-electron chi connectivity index (χ4n) is 3.74. The fourth-order valence-corrected chi connectivity index (χ4v) is 3.74. The number of carbonyl (C=O) groups is 3. The number of aliphatic hydroxyl groups excluding tert-OH is 1. The number of phenolic OH excluding ortho intramolecular Hbond substituents is 1. The summed E-state index contributed by atoms with van der Waals surface area (Å²) in [6.45, 7) is 9.26. The molecule has 9 nitrogen and oxygen atoms in total. The molecule has 0 aliphatic heterocycles. The zero-order chi connectivity index (χ0) is 27.1. The first-order chi connectivity index (χ1) is 17.0. The molecule has 204 valence electrons. The number of carbonyl (C=O) groups excluding carboxylic acids is 3. The first kappa shape index (κ1) is 31.2. The van der Waals surface area contributed by atoms with E-state index in [0.717, 1.165) is 38.5 Å². The minimum atomic E-state index is -1.29. The molecule has 4 N–H and O–H groups in total. The summed E-state index contributed by atoms with van der Waals surface area (Å²) in [5.74, 6) is -1.01. The van der Waals surface area contributed by atoms with Crippen molar-refractivity contribution >= 4 is 17.9 Å². The van der Waals surface area contributed by atoms with Crippen LogP contribution in [0.5, 0.6) is 5.75 Å². The van der Waals surface area contributed by atoms with Gasteiger partial charge in [0.05, 0.1) is 6.61 Å². The van der Waals surface area contributed by atoms with Crippen LogP contribution in [0.15, 0.2) is 24.3 Å². The lowest BCUT2D eigenvalue weighted by Gasteiger charge is -2.34. The number of rotatable bonds is 15. The quantitative estimate of drug-likeness (QED) is 0.265. The summed E-state index contributed by atoms with van der Waals surface area (Å²) >= 11 is 0. The highest BCUT2D eigenvalue weighted by Gasteiger charge is 2.36. The lowest BCUT2D eigenvalue weighted by Crippen LogP contribution is -2.54. The van der Waals surface area contributed by atoms with E-state index in [9.17, 15) is 24.6 Å². The third kappa shape index (κ3) is 11.3. The molecule has 0 saturated carbocycles. The molecular weight excluding hydrogens is 462 g/mol. The van der Waals surface area contributed by atoms with Gasteiger partial charge in [-0.1, -0.05) is 58.1 Å². The number of hydrogen-bond acceptors (Lipinski definition) is 6. The molecule has 2 atom stereocenters. The minimum Gasteiger partial charge on any atom is -0.508 e. The van der Waals surface area contributed by atoms with Gasteiger partial charge in [0.1, 0.15) is 23.4 Å². The molecule has 0 heterocycles. The van der Waals surface area contributed by atoms with E-state index in [1.807, 2.05) is 6.92 Å². The number of unbranched alkanes of at least 4 members (excludes halogenated alkanes) is 5. The Labute approximate surface area is 215 Å². The molecule has 0 aliphatic rings. The fraction of sp³-hybridized carbons (Fsp3) is 0.667. The number of alkyl carbamates (subject to hydrolysis) is 1. The summed E-state index contributed by atoms with van der Waals surface area (Å²) in [6.07, 6.45) is 5.49. The van der Waals surface area contributed by atoms with E-state index in [2.05, 4.69) is 17.6 Å². The molecule has 0 aromatic heterocycles. The van der Waals surface area contributed by atoms with Crippen LogP contribution >= 0.6 is 0 Å². The van der Waals surface area contributed by atoms with Crippen LogP contribution in [0.25, 0.3) is 0 Å². The van der Waals surface area contributed by atoms with E-state index in [0.29, 0.717) is 18.5 Å². The Morgan fingerprint density at radius 3 is 2.28 bits per heavy atom. The smallest absolute Gasteiger partial charge is 0.408 e. The zero-order valence-corrected chi connectivity index (χ0v) is 22.5. The van der Waals surface area contributed by atoms with Gasteiger partial charge in [-0.05, 0) is 51.3 Å². The van der Waals surface area contributed by atoms with Crippen molar-refractivity contribution < 1.29 is 29.3 Å². The number of ether oxygens (including phenoxy) is 1. The van der Waals surface area contributed by atoms with Gasteiger partial charge in [-0.15, -0.1) is 0 Å². The molecular formula is C27H45N3O6. The van der Waals surface area contributed by atoms with Gasteiger partial charge in [-0.2, -0.15) is 0 Å². The van der Waals surface area contributed by atoms with Crippen LogP contribution < -0.4 is 10.6 Å². The maximum absolute atomic E-state index is 13.7. The molecule has 0 bridgehead atoms. The third-order valence-corrected chi connectivity index (χ3v) is 5.53. The van der Waals surface area contributed by atoms with Gasteiger partial charge in [0.2, 0.25) is 11.8 Å². The number of benzene rings is 1. The number of aliphatic hydroxyl groups is 1. The van der Waals surface area contributed by atoms with Crippen LogP contribution in [0.1, 0.15) is 91.2 Å². The number of aromatic hydroxyl groups is 1. The van der Waals surface area contributed by atoms with E-state index in [4.69, 9.17) is 4.74 Å². The van der Waals surface area contributed by atoms with Crippen molar-refractivity contribution in [3.8, 4) is 5.75 Å². The molecule has 0 aliphatic carbocycles. The standard InChI is InChI=1S/C27H45N3O6/c1-6-8-10-11-12-17-30(25(34)22(19-31)29-26(35)36-27(3,4)5)23(24(33)28-16-9-7-2)20-14-13-15-21(32)18-20/h13-15,18,22-23,31-32H,6-12,16-17,19H2,1-5H3,(H,28,33)(H,29,35). The molecule has 0 fully saturated rings. The zero-order valence-electron chi connectivity index (χ0n) is 22.5. The van der Waals surface area contributed by atoms with E-state index in [1.165, 1.54) is 17.0 Å². The van der Waals surface area contributed by atoms with Gasteiger partial charge in [-0.3, -0.25) is 9.59 Å². The number of amides is 3. The van der Waals surface area contributed by atoms with Gasteiger partial charge < -0.3 is 30.5 Å². The van der Waals surface area contributed by atoms with Gasteiger partial charge >= 0.3 is 6.09 Å². The van der Waals surface area contributed by atoms with Crippen LogP contribution in [0.3, 0.4) is 0 Å². The largest absolute Gasteiger partial charge is 0.508 e. The number of nitrogens with one attached hydrogen (secondary N) is 2. The Morgan fingerprint density at radius 2 is 1.69 bits per heavy atom. The molecule has 1 aromatic rings. The van der Waals surface area contributed by atoms with E-state index in [-0.39, 0.29) is 18.2 Å². The van der Waals surface area contributed by atoms with Crippen LogP contribution in [0, 0.1) is 0 Å². The molecule has 0 saturated heterocycles. The SMILES string of the molecule is CCCCCCCN(C(=O)C(CO)NC(=O)OC(C)(C)C)C(C(=O)NCCCC)c1cccc(O)c1. The highest BCUT2D eigenvalue weighted by atomic mass is 16.6. The van der Waals surface area contributed by atoms with Crippen LogP contribution in [-0.4, -0.2) is 64.4 Å². The number of hydrogen-bond donors (Lipinski definition) is 4. The normalized spacial score (nSPS) is 12.9. The van der Waals surface area contributed by atoms with Crippen LogP contribution in [0.4, 0.5) is 4.79 Å². The van der Waals surface area contributed by atoms with Crippen LogP contribution in [-0.2, 0) is 14.3 Å². The van der Waals surface area contributed by atoms with Crippen molar-refractivity contribution in [2.24, 2.45) is 0 Å². The molecule has 0 radical (unpaired) electrons. The molecule has 3 amide bonds. The second-order valence-corrected chi connectivity index (χ2v) is 9.97. The van der Waals surface area contributed by atoms with Gasteiger partial charge in [0.25, 0.3) is 0 Å². The highest BCUT2D eigenvalue weighted by Crippen LogP contribution is 2.26. The van der Waals surface area contributed by atoms with Crippen LogP contribution in [0.2, 0.25) is 0 Å². The van der Waals surface area contributed by atoms with E-state index < -0.39 is 36.3 Å². The number of phenols is 1. The van der Waals surface area contributed by atoms with Crippen molar-refractivity contribution in [2.45, 2.75) is 97.2 Å². The Hall–Kier alpha value is -2.81. The highest BCUT2D eigenvalue weighted by molar-refractivity contribution is 5.92.